The molecule has 0 saturated carbocycles. The first kappa shape index (κ1) is 29.7. The van der Waals surface area contributed by atoms with E-state index in [4.69, 9.17) is 18.9 Å². The average molecular weight is 519 g/mol. The minimum absolute atomic E-state index is 0.0742. The Bertz CT molecular complexity index is 1050. The first-order chi connectivity index (χ1) is 17.5. The number of allylic oxidation sites excluding steroid dienone is 1. The van der Waals surface area contributed by atoms with Crippen molar-refractivity contribution >= 4 is 23.9 Å². The number of rotatable bonds is 8. The topological polar surface area (TPSA) is 146 Å². The zero-order valence-corrected chi connectivity index (χ0v) is 21.5. The SMILES string of the molecule is C=C1C(=O)O[C@@H]2/C=C(\C)[C@H](O)C/C=C(\C)C[C@@H](OC(=O)/C(=C/CO)COC(=O)/C(=C/C)COC(C)=O)[C@@H]12. The van der Waals surface area contributed by atoms with Crippen molar-refractivity contribution in [2.75, 3.05) is 19.8 Å². The van der Waals surface area contributed by atoms with Gasteiger partial charge in [-0.15, -0.1) is 0 Å². The van der Waals surface area contributed by atoms with Crippen LogP contribution in [0.5, 0.6) is 0 Å². The van der Waals surface area contributed by atoms with Gasteiger partial charge in [-0.1, -0.05) is 24.3 Å². The largest absolute Gasteiger partial charge is 0.461 e. The van der Waals surface area contributed by atoms with Gasteiger partial charge < -0.3 is 29.2 Å². The number of carbonyl (C=O) groups is 4. The van der Waals surface area contributed by atoms with Crippen molar-refractivity contribution in [1.82, 2.24) is 0 Å². The van der Waals surface area contributed by atoms with Crippen molar-refractivity contribution in [3.63, 3.8) is 0 Å². The smallest absolute Gasteiger partial charge is 0.337 e. The van der Waals surface area contributed by atoms with Gasteiger partial charge in [0.05, 0.1) is 29.8 Å². The Hall–Kier alpha value is -3.50. The van der Waals surface area contributed by atoms with Gasteiger partial charge in [-0.25, -0.2) is 14.4 Å². The highest BCUT2D eigenvalue weighted by molar-refractivity contribution is 5.93. The van der Waals surface area contributed by atoms with Crippen LogP contribution in [0.25, 0.3) is 0 Å². The van der Waals surface area contributed by atoms with Gasteiger partial charge >= 0.3 is 23.9 Å². The van der Waals surface area contributed by atoms with Gasteiger partial charge in [0.15, 0.2) is 0 Å². The molecule has 0 aromatic rings. The minimum atomic E-state index is -0.861. The summed E-state index contributed by atoms with van der Waals surface area (Å²) in [4.78, 5) is 48.8. The predicted octanol–water partition coefficient (Wildman–Crippen LogP) is 2.01. The Morgan fingerprint density at radius 2 is 1.84 bits per heavy atom. The molecule has 37 heavy (non-hydrogen) atoms. The summed E-state index contributed by atoms with van der Waals surface area (Å²) in [6.07, 6.45) is 4.21. The number of hydrogen-bond donors (Lipinski definition) is 2. The molecular weight excluding hydrogens is 484 g/mol. The van der Waals surface area contributed by atoms with E-state index in [1.54, 1.807) is 19.9 Å². The van der Waals surface area contributed by atoms with Crippen LogP contribution in [-0.2, 0) is 38.1 Å². The monoisotopic (exact) mass is 518 g/mol. The number of aliphatic hydroxyl groups excluding tert-OH is 2. The number of esters is 4. The molecule has 0 amide bonds. The molecule has 0 radical (unpaired) electrons. The first-order valence-corrected chi connectivity index (χ1v) is 11.9. The van der Waals surface area contributed by atoms with Gasteiger partial charge in [-0.3, -0.25) is 4.79 Å². The van der Waals surface area contributed by atoms with Crippen molar-refractivity contribution in [3.05, 3.63) is 58.7 Å². The van der Waals surface area contributed by atoms with Gasteiger partial charge in [-0.05, 0) is 44.9 Å². The van der Waals surface area contributed by atoms with E-state index in [1.165, 1.54) is 13.0 Å². The van der Waals surface area contributed by atoms with E-state index < -0.39 is 61.3 Å². The average Bonchev–Trinajstić information content (AvgIpc) is 3.11. The number of aliphatic hydroxyl groups is 2. The summed E-state index contributed by atoms with van der Waals surface area (Å²) in [5, 5.41) is 19.8. The van der Waals surface area contributed by atoms with Crippen molar-refractivity contribution in [1.29, 1.82) is 0 Å². The quantitative estimate of drug-likeness (QED) is 0.212. The zero-order valence-electron chi connectivity index (χ0n) is 21.5. The summed E-state index contributed by atoms with van der Waals surface area (Å²) in [5.74, 6) is -3.57. The number of ether oxygens (including phenoxy) is 4. The Morgan fingerprint density at radius 1 is 1.16 bits per heavy atom. The lowest BCUT2D eigenvalue weighted by Crippen LogP contribution is -2.34. The molecule has 0 aromatic heterocycles. The van der Waals surface area contributed by atoms with Gasteiger partial charge in [0.2, 0.25) is 0 Å². The fourth-order valence-corrected chi connectivity index (χ4v) is 3.89. The zero-order chi connectivity index (χ0) is 27.7. The lowest BCUT2D eigenvalue weighted by atomic mass is 9.85. The second-order valence-corrected chi connectivity index (χ2v) is 8.86. The lowest BCUT2D eigenvalue weighted by molar-refractivity contribution is -0.148. The highest BCUT2D eigenvalue weighted by atomic mass is 16.6. The molecule has 1 fully saturated rings. The van der Waals surface area contributed by atoms with Crippen LogP contribution in [0.1, 0.15) is 40.5 Å². The number of carbonyl (C=O) groups excluding carboxylic acids is 4. The van der Waals surface area contributed by atoms with Gasteiger partial charge in [0, 0.05) is 18.9 Å². The van der Waals surface area contributed by atoms with Crippen LogP contribution in [0.3, 0.4) is 0 Å². The van der Waals surface area contributed by atoms with E-state index in [1.807, 2.05) is 13.0 Å². The van der Waals surface area contributed by atoms with Crippen LogP contribution in [0, 0.1) is 5.92 Å². The molecule has 1 saturated heterocycles. The van der Waals surface area contributed by atoms with Gasteiger partial charge in [-0.2, -0.15) is 0 Å². The summed E-state index contributed by atoms with van der Waals surface area (Å²) in [5.41, 5.74) is 1.52. The Labute approximate surface area is 215 Å². The molecule has 0 bridgehead atoms. The van der Waals surface area contributed by atoms with Crippen LogP contribution >= 0.6 is 0 Å². The predicted molar refractivity (Wildman–Crippen MR) is 132 cm³/mol. The maximum absolute atomic E-state index is 13.1. The van der Waals surface area contributed by atoms with Crippen LogP contribution in [0.15, 0.2) is 58.7 Å². The fourth-order valence-electron chi connectivity index (χ4n) is 3.89. The molecule has 0 spiro atoms. The number of hydrogen-bond acceptors (Lipinski definition) is 10. The van der Waals surface area contributed by atoms with E-state index in [-0.39, 0.29) is 29.7 Å². The van der Waals surface area contributed by atoms with E-state index >= 15 is 0 Å². The molecule has 202 valence electrons. The van der Waals surface area contributed by atoms with Crippen LogP contribution in [0.4, 0.5) is 0 Å². The molecule has 1 aliphatic carbocycles. The second kappa shape index (κ2) is 13.7. The standard InChI is InChI=1S/C27H34O10/c1-6-19(13-34-18(5)29)26(32)35-14-20(9-10-28)27(33)37-22-11-15(2)7-8-21(30)16(3)12-23-24(22)17(4)25(31)36-23/h6-7,9,12,21-24,28,30H,4,8,10-11,13-14H2,1-3,5H3/b15-7+,16-12+,19-6+,20-9+/t21-,22-,23-,24-/m1/s1. The highest BCUT2D eigenvalue weighted by Gasteiger charge is 2.44. The Kier molecular flexibility index (Phi) is 11.0. The molecule has 2 N–H and O–H groups in total. The molecule has 0 unspecified atom stereocenters. The summed E-state index contributed by atoms with van der Waals surface area (Å²) >= 11 is 0. The third-order valence-corrected chi connectivity index (χ3v) is 6.09. The van der Waals surface area contributed by atoms with E-state index in [2.05, 4.69) is 6.58 Å². The van der Waals surface area contributed by atoms with Crippen molar-refractivity contribution < 1.29 is 48.3 Å². The highest BCUT2D eigenvalue weighted by Crippen LogP contribution is 2.36. The van der Waals surface area contributed by atoms with E-state index in [0.717, 1.165) is 11.6 Å². The number of fused-ring (bicyclic) bond motifs is 1. The summed E-state index contributed by atoms with van der Waals surface area (Å²) in [6, 6.07) is 0. The maximum atomic E-state index is 13.1. The Balaban J connectivity index is 2.24. The normalized spacial score (nSPS) is 27.6. The van der Waals surface area contributed by atoms with Crippen molar-refractivity contribution in [3.8, 4) is 0 Å². The van der Waals surface area contributed by atoms with Gasteiger partial charge in [0.25, 0.3) is 0 Å². The van der Waals surface area contributed by atoms with Crippen LogP contribution < -0.4 is 0 Å². The summed E-state index contributed by atoms with van der Waals surface area (Å²) in [7, 11) is 0. The van der Waals surface area contributed by atoms with Gasteiger partial charge in [0.1, 0.15) is 25.4 Å². The molecule has 0 aromatic carbocycles. The molecule has 2 rings (SSSR count). The maximum Gasteiger partial charge on any atom is 0.337 e. The van der Waals surface area contributed by atoms with E-state index in [0.29, 0.717) is 12.0 Å². The fraction of sp³-hybridized carbons (Fsp3) is 0.481. The molecule has 1 heterocycles. The van der Waals surface area contributed by atoms with Crippen molar-refractivity contribution in [2.45, 2.75) is 58.8 Å². The van der Waals surface area contributed by atoms with Crippen molar-refractivity contribution in [2.24, 2.45) is 5.92 Å². The molecule has 10 nitrogen and oxygen atoms in total. The summed E-state index contributed by atoms with van der Waals surface area (Å²) < 4.78 is 21.2. The molecule has 2 aliphatic rings. The molecule has 10 heteroatoms. The molecule has 1 aliphatic heterocycles. The first-order valence-electron chi connectivity index (χ1n) is 11.9. The second-order valence-electron chi connectivity index (χ2n) is 8.86. The minimum Gasteiger partial charge on any atom is -0.461 e. The lowest BCUT2D eigenvalue weighted by Gasteiger charge is -2.28. The van der Waals surface area contributed by atoms with Crippen LogP contribution in [0.2, 0.25) is 0 Å². The Morgan fingerprint density at radius 3 is 2.46 bits per heavy atom. The third-order valence-electron chi connectivity index (χ3n) is 6.09. The molecular formula is C27H34O10. The molecule has 4 atom stereocenters. The van der Waals surface area contributed by atoms with Crippen LogP contribution in [-0.4, -0.2) is 72.2 Å². The van der Waals surface area contributed by atoms with E-state index in [9.17, 15) is 29.4 Å². The third kappa shape index (κ3) is 8.26. The summed E-state index contributed by atoms with van der Waals surface area (Å²) in [6.45, 7) is 8.82.